The van der Waals surface area contributed by atoms with Gasteiger partial charge in [-0.2, -0.15) is 9.78 Å². The lowest BCUT2D eigenvalue weighted by atomic mass is 9.99. The quantitative estimate of drug-likeness (QED) is 0.735. The van der Waals surface area contributed by atoms with Gasteiger partial charge in [0.1, 0.15) is 11.4 Å². The van der Waals surface area contributed by atoms with Gasteiger partial charge in [0.15, 0.2) is 5.82 Å². The van der Waals surface area contributed by atoms with E-state index < -0.39 is 11.7 Å². The fourth-order valence-corrected chi connectivity index (χ4v) is 3.84. The molecule has 1 amide bonds. The highest BCUT2D eigenvalue weighted by molar-refractivity contribution is 7.99. The molecule has 0 fully saturated rings. The minimum atomic E-state index is -0.579. The van der Waals surface area contributed by atoms with Gasteiger partial charge in [-0.1, -0.05) is 32.0 Å². The van der Waals surface area contributed by atoms with Crippen LogP contribution in [0.15, 0.2) is 34.5 Å². The largest absolute Gasteiger partial charge is 0.497 e. The van der Waals surface area contributed by atoms with Crippen molar-refractivity contribution in [3.05, 3.63) is 35.7 Å². The average molecular weight is 432 g/mol. The van der Waals surface area contributed by atoms with Crippen molar-refractivity contribution in [2.45, 2.75) is 57.8 Å². The van der Waals surface area contributed by atoms with E-state index in [0.717, 1.165) is 23.4 Å². The Kier molecular flexibility index (Phi) is 6.70. The van der Waals surface area contributed by atoms with Crippen molar-refractivity contribution in [2.24, 2.45) is 11.0 Å². The van der Waals surface area contributed by atoms with Crippen LogP contribution in [-0.4, -0.2) is 45.1 Å². The summed E-state index contributed by atoms with van der Waals surface area (Å²) in [6, 6.07) is 7.43. The molecule has 0 spiro atoms. The van der Waals surface area contributed by atoms with Gasteiger partial charge in [-0.15, -0.1) is 10.2 Å². The number of hydrogen-bond donors (Lipinski definition) is 1. The number of carbonyl (C=O) groups excluding carboxylic acids is 1. The molecule has 1 aliphatic heterocycles. The van der Waals surface area contributed by atoms with Gasteiger partial charge in [0.2, 0.25) is 5.16 Å². The molecular weight excluding hydrogens is 402 g/mol. The fraction of sp³-hybridized carbons (Fsp3) is 0.524. The molecule has 2 unspecified atom stereocenters. The predicted octanol–water partition coefficient (Wildman–Crippen LogP) is 4.26. The summed E-state index contributed by atoms with van der Waals surface area (Å²) >= 11 is 1.57. The van der Waals surface area contributed by atoms with E-state index >= 15 is 0 Å². The first-order chi connectivity index (χ1) is 14.2. The molecule has 0 aliphatic carbocycles. The number of benzene rings is 1. The van der Waals surface area contributed by atoms with Gasteiger partial charge in [-0.25, -0.2) is 4.79 Å². The Morgan fingerprint density at radius 2 is 1.97 bits per heavy atom. The number of rotatable bonds is 6. The third kappa shape index (κ3) is 5.13. The summed E-state index contributed by atoms with van der Waals surface area (Å²) in [5, 5.41) is 17.1. The Labute approximate surface area is 181 Å². The summed E-state index contributed by atoms with van der Waals surface area (Å²) < 4.78 is 12.4. The number of amides is 1. The number of hydrogen-bond acceptors (Lipinski definition) is 7. The zero-order valence-electron chi connectivity index (χ0n) is 18.3. The van der Waals surface area contributed by atoms with Gasteiger partial charge in [-0.05, 0) is 56.5 Å². The zero-order chi connectivity index (χ0) is 21.9. The molecular formula is C21H29N5O3S. The maximum atomic E-state index is 12.5. The van der Waals surface area contributed by atoms with E-state index in [1.54, 1.807) is 23.5 Å². The van der Waals surface area contributed by atoms with Crippen LogP contribution in [0, 0.1) is 5.92 Å². The highest BCUT2D eigenvalue weighted by Crippen LogP contribution is 2.30. The predicted molar refractivity (Wildman–Crippen MR) is 117 cm³/mol. The zero-order valence-corrected chi connectivity index (χ0v) is 19.1. The molecule has 2 aromatic rings. The van der Waals surface area contributed by atoms with Crippen molar-refractivity contribution in [2.75, 3.05) is 12.9 Å². The number of aromatic nitrogens is 3. The second-order valence-electron chi connectivity index (χ2n) is 8.23. The summed E-state index contributed by atoms with van der Waals surface area (Å²) in [7, 11) is 1.64. The minimum Gasteiger partial charge on any atom is -0.497 e. The van der Waals surface area contributed by atoms with Crippen LogP contribution in [0.5, 0.6) is 5.75 Å². The SMILES string of the molecule is CCC(C)C(NC(=O)OC(C)(C)C)c1nnc2n1N=C(c1ccc(OC)cc1)CS2. The van der Waals surface area contributed by atoms with Crippen LogP contribution in [0.3, 0.4) is 0 Å². The van der Waals surface area contributed by atoms with Gasteiger partial charge in [0.25, 0.3) is 0 Å². The van der Waals surface area contributed by atoms with Crippen molar-refractivity contribution in [3.63, 3.8) is 0 Å². The fourth-order valence-electron chi connectivity index (χ4n) is 2.99. The molecule has 1 aliphatic rings. The Morgan fingerprint density at radius 1 is 1.27 bits per heavy atom. The molecule has 0 saturated carbocycles. The van der Waals surface area contributed by atoms with Gasteiger partial charge in [-0.3, -0.25) is 0 Å². The van der Waals surface area contributed by atoms with E-state index in [1.807, 2.05) is 45.0 Å². The highest BCUT2D eigenvalue weighted by atomic mass is 32.2. The number of methoxy groups -OCH3 is 1. The Morgan fingerprint density at radius 3 is 2.57 bits per heavy atom. The molecule has 2 atom stereocenters. The number of ether oxygens (including phenoxy) is 2. The van der Waals surface area contributed by atoms with Crippen LogP contribution in [-0.2, 0) is 4.74 Å². The maximum absolute atomic E-state index is 12.5. The summed E-state index contributed by atoms with van der Waals surface area (Å²) in [6.45, 7) is 9.65. The molecule has 8 nitrogen and oxygen atoms in total. The molecule has 0 saturated heterocycles. The molecule has 1 aromatic heterocycles. The van der Waals surface area contributed by atoms with Gasteiger partial charge >= 0.3 is 6.09 Å². The number of carbonyl (C=O) groups is 1. The van der Waals surface area contributed by atoms with Crippen molar-refractivity contribution < 1.29 is 14.3 Å². The van der Waals surface area contributed by atoms with E-state index in [2.05, 4.69) is 29.4 Å². The summed E-state index contributed by atoms with van der Waals surface area (Å²) in [5.74, 6) is 2.21. The molecule has 1 N–H and O–H groups in total. The molecule has 0 radical (unpaired) electrons. The van der Waals surface area contributed by atoms with Crippen LogP contribution < -0.4 is 10.1 Å². The molecule has 1 aromatic carbocycles. The molecule has 9 heteroatoms. The lowest BCUT2D eigenvalue weighted by Gasteiger charge is -2.26. The maximum Gasteiger partial charge on any atom is 0.408 e. The third-order valence-corrected chi connectivity index (χ3v) is 5.71. The summed E-state index contributed by atoms with van der Waals surface area (Å²) in [6.07, 6.45) is 0.373. The van der Waals surface area contributed by atoms with Crippen LogP contribution in [0.1, 0.15) is 58.5 Å². The topological polar surface area (TPSA) is 90.6 Å². The van der Waals surface area contributed by atoms with Gasteiger partial charge < -0.3 is 14.8 Å². The van der Waals surface area contributed by atoms with E-state index in [-0.39, 0.29) is 12.0 Å². The van der Waals surface area contributed by atoms with Gasteiger partial charge in [0.05, 0.1) is 18.9 Å². The molecule has 30 heavy (non-hydrogen) atoms. The lowest BCUT2D eigenvalue weighted by molar-refractivity contribution is 0.0482. The number of thioether (sulfide) groups is 1. The minimum absolute atomic E-state index is 0.123. The van der Waals surface area contributed by atoms with Crippen molar-refractivity contribution in [3.8, 4) is 5.75 Å². The number of nitrogens with zero attached hydrogens (tertiary/aromatic N) is 4. The second kappa shape index (κ2) is 9.07. The van der Waals surface area contributed by atoms with Crippen LogP contribution in [0.4, 0.5) is 4.79 Å². The van der Waals surface area contributed by atoms with Crippen LogP contribution in [0.2, 0.25) is 0 Å². The Balaban J connectivity index is 1.92. The van der Waals surface area contributed by atoms with Crippen molar-refractivity contribution >= 4 is 23.6 Å². The van der Waals surface area contributed by atoms with Crippen molar-refractivity contribution in [1.82, 2.24) is 20.2 Å². The lowest BCUT2D eigenvalue weighted by Crippen LogP contribution is -2.38. The summed E-state index contributed by atoms with van der Waals surface area (Å²) in [5.41, 5.74) is 1.34. The molecule has 2 heterocycles. The van der Waals surface area contributed by atoms with Crippen LogP contribution in [0.25, 0.3) is 0 Å². The molecule has 0 bridgehead atoms. The first kappa shape index (κ1) is 22.1. The van der Waals surface area contributed by atoms with Crippen LogP contribution >= 0.6 is 11.8 Å². The highest BCUT2D eigenvalue weighted by Gasteiger charge is 2.31. The van der Waals surface area contributed by atoms with E-state index in [0.29, 0.717) is 16.7 Å². The number of fused-ring (bicyclic) bond motifs is 1. The molecule has 162 valence electrons. The monoisotopic (exact) mass is 431 g/mol. The number of nitrogens with one attached hydrogen (secondary N) is 1. The van der Waals surface area contributed by atoms with E-state index in [4.69, 9.17) is 14.6 Å². The van der Waals surface area contributed by atoms with E-state index in [9.17, 15) is 4.79 Å². The smallest absolute Gasteiger partial charge is 0.408 e. The average Bonchev–Trinajstić information content (AvgIpc) is 3.13. The van der Waals surface area contributed by atoms with Crippen molar-refractivity contribution in [1.29, 1.82) is 0 Å². The Bertz CT molecular complexity index is 918. The standard InChI is InChI=1S/C21H29N5O3S/c1-7-13(2)17(22-20(27)29-21(3,4)5)18-23-24-19-26(18)25-16(12-30-19)14-8-10-15(28-6)11-9-14/h8-11,13,17H,7,12H2,1-6H3,(H,22,27). The van der Waals surface area contributed by atoms with E-state index in [1.165, 1.54) is 0 Å². The molecule has 3 rings (SSSR count). The summed E-state index contributed by atoms with van der Waals surface area (Å²) in [4.78, 5) is 12.5. The first-order valence-corrected chi connectivity index (χ1v) is 11.0. The Hall–Kier alpha value is -2.55. The first-order valence-electron chi connectivity index (χ1n) is 10.0. The van der Waals surface area contributed by atoms with Gasteiger partial charge in [0, 0.05) is 5.75 Å². The third-order valence-electron chi connectivity index (χ3n) is 4.78. The number of alkyl carbamates (subject to hydrolysis) is 1. The second-order valence-corrected chi connectivity index (χ2v) is 9.17. The normalized spacial score (nSPS) is 15.6.